The van der Waals surface area contributed by atoms with Crippen molar-refractivity contribution in [2.24, 2.45) is 5.73 Å². The van der Waals surface area contributed by atoms with E-state index in [0.29, 0.717) is 0 Å². The van der Waals surface area contributed by atoms with Crippen LogP contribution in [0.3, 0.4) is 0 Å². The zero-order chi connectivity index (χ0) is 7.33. The van der Waals surface area contributed by atoms with Gasteiger partial charge in [0.05, 0.1) is 6.61 Å². The van der Waals surface area contributed by atoms with Gasteiger partial charge in [0, 0.05) is 6.54 Å². The van der Waals surface area contributed by atoms with Crippen LogP contribution in [0.25, 0.3) is 0 Å². The summed E-state index contributed by atoms with van der Waals surface area (Å²) in [6.07, 6.45) is -4.23. The van der Waals surface area contributed by atoms with E-state index in [0.717, 1.165) is 0 Å². The van der Waals surface area contributed by atoms with Crippen LogP contribution in [-0.2, 0) is 4.74 Å². The van der Waals surface area contributed by atoms with Crippen LogP contribution in [0.15, 0.2) is 0 Å². The lowest BCUT2D eigenvalue weighted by Gasteiger charge is -2.04. The standard InChI is InChI=1S/C4H8F3NO/c5-4(6,7)3-9-2-1-8/h1-3,8H2. The Kier molecular flexibility index (Phi) is 3.56. The molecule has 0 amide bonds. The van der Waals surface area contributed by atoms with Gasteiger partial charge >= 0.3 is 6.18 Å². The number of alkyl halides is 3. The lowest BCUT2D eigenvalue weighted by Crippen LogP contribution is -2.20. The number of ether oxygens (including phenoxy) is 1. The summed E-state index contributed by atoms with van der Waals surface area (Å²) in [6.45, 7) is -1.13. The number of rotatable bonds is 3. The van der Waals surface area contributed by atoms with Crippen molar-refractivity contribution in [2.45, 2.75) is 6.18 Å². The Labute approximate surface area is 50.8 Å². The van der Waals surface area contributed by atoms with Gasteiger partial charge < -0.3 is 10.5 Å². The van der Waals surface area contributed by atoms with Gasteiger partial charge in [-0.15, -0.1) is 0 Å². The Morgan fingerprint density at radius 3 is 2.22 bits per heavy atom. The molecule has 2 N–H and O–H groups in total. The van der Waals surface area contributed by atoms with Crippen molar-refractivity contribution in [2.75, 3.05) is 19.8 Å². The smallest absolute Gasteiger partial charge is 0.371 e. The van der Waals surface area contributed by atoms with Crippen molar-refractivity contribution >= 4 is 0 Å². The van der Waals surface area contributed by atoms with E-state index in [1.165, 1.54) is 0 Å². The average Bonchev–Trinajstić information content (AvgIpc) is 1.63. The maximum Gasteiger partial charge on any atom is 0.411 e. The van der Waals surface area contributed by atoms with Crippen molar-refractivity contribution in [3.8, 4) is 0 Å². The molecule has 0 fully saturated rings. The second-order valence-corrected chi connectivity index (χ2v) is 1.46. The number of hydrogen-bond donors (Lipinski definition) is 1. The van der Waals surface area contributed by atoms with Crippen molar-refractivity contribution < 1.29 is 17.9 Å². The molecule has 0 aromatic heterocycles. The van der Waals surface area contributed by atoms with Crippen LogP contribution < -0.4 is 5.73 Å². The second-order valence-electron chi connectivity index (χ2n) is 1.46. The summed E-state index contributed by atoms with van der Waals surface area (Å²) < 4.78 is 37.7. The summed E-state index contributed by atoms with van der Waals surface area (Å²) in [5.74, 6) is 0. The first-order chi connectivity index (χ1) is 4.06. The summed E-state index contributed by atoms with van der Waals surface area (Å²) in [5, 5.41) is 0. The Balaban J connectivity index is 3.07. The third kappa shape index (κ3) is 7.71. The van der Waals surface area contributed by atoms with Gasteiger partial charge in [0.2, 0.25) is 0 Å². The van der Waals surface area contributed by atoms with Crippen molar-refractivity contribution in [1.29, 1.82) is 0 Å². The number of hydrogen-bond acceptors (Lipinski definition) is 2. The number of nitrogens with two attached hydrogens (primary N) is 1. The molecular formula is C4H8F3NO. The summed E-state index contributed by atoms with van der Waals surface area (Å²) in [7, 11) is 0. The fraction of sp³-hybridized carbons (Fsp3) is 1.00. The van der Waals surface area contributed by atoms with E-state index >= 15 is 0 Å². The molecule has 0 saturated heterocycles. The molecule has 2 nitrogen and oxygen atoms in total. The maximum atomic E-state index is 11.2. The molecule has 0 aliphatic heterocycles. The van der Waals surface area contributed by atoms with Crippen LogP contribution in [-0.4, -0.2) is 25.9 Å². The zero-order valence-electron chi connectivity index (χ0n) is 4.74. The van der Waals surface area contributed by atoms with E-state index < -0.39 is 12.8 Å². The van der Waals surface area contributed by atoms with Crippen molar-refractivity contribution in [3.63, 3.8) is 0 Å². The molecule has 0 radical (unpaired) electrons. The Hall–Kier alpha value is -0.290. The van der Waals surface area contributed by atoms with Crippen LogP contribution in [0.4, 0.5) is 13.2 Å². The van der Waals surface area contributed by atoms with E-state index in [1.807, 2.05) is 0 Å². The highest BCUT2D eigenvalue weighted by atomic mass is 19.4. The molecule has 0 aromatic carbocycles. The number of halogens is 3. The third-order valence-electron chi connectivity index (χ3n) is 0.528. The predicted octanol–water partition coefficient (Wildman–Crippen LogP) is 0.524. The van der Waals surface area contributed by atoms with Crippen molar-refractivity contribution in [1.82, 2.24) is 0 Å². The normalized spacial score (nSPS) is 12.0. The molecule has 5 heteroatoms. The van der Waals surface area contributed by atoms with E-state index in [1.54, 1.807) is 0 Å². The lowest BCUT2D eigenvalue weighted by atomic mass is 10.7. The van der Waals surface area contributed by atoms with E-state index in [9.17, 15) is 13.2 Å². The molecule has 0 saturated carbocycles. The van der Waals surface area contributed by atoms with Crippen LogP contribution in [0, 0.1) is 0 Å². The largest absolute Gasteiger partial charge is 0.411 e. The molecule has 0 spiro atoms. The highest BCUT2D eigenvalue weighted by molar-refractivity contribution is 4.44. The van der Waals surface area contributed by atoms with E-state index in [-0.39, 0.29) is 13.2 Å². The van der Waals surface area contributed by atoms with Gasteiger partial charge in [0.25, 0.3) is 0 Å². The average molecular weight is 143 g/mol. The molecule has 56 valence electrons. The van der Waals surface area contributed by atoms with Gasteiger partial charge in [-0.1, -0.05) is 0 Å². The molecular weight excluding hydrogens is 135 g/mol. The summed E-state index contributed by atoms with van der Waals surface area (Å²) in [6, 6.07) is 0. The topological polar surface area (TPSA) is 35.2 Å². The van der Waals surface area contributed by atoms with E-state index in [2.05, 4.69) is 4.74 Å². The van der Waals surface area contributed by atoms with E-state index in [4.69, 9.17) is 5.73 Å². The minimum atomic E-state index is -4.23. The summed E-state index contributed by atoms with van der Waals surface area (Å²) >= 11 is 0. The third-order valence-corrected chi connectivity index (χ3v) is 0.528. The van der Waals surface area contributed by atoms with Gasteiger partial charge in [-0.25, -0.2) is 0 Å². The molecule has 0 heterocycles. The van der Waals surface area contributed by atoms with Gasteiger partial charge in [0.15, 0.2) is 0 Å². The van der Waals surface area contributed by atoms with Gasteiger partial charge in [-0.2, -0.15) is 13.2 Å². The van der Waals surface area contributed by atoms with Crippen LogP contribution in [0.2, 0.25) is 0 Å². The quantitative estimate of drug-likeness (QED) is 0.584. The predicted molar refractivity (Wildman–Crippen MR) is 25.9 cm³/mol. The fourth-order valence-electron chi connectivity index (χ4n) is 0.271. The molecule has 0 aromatic rings. The minimum Gasteiger partial charge on any atom is -0.371 e. The highest BCUT2D eigenvalue weighted by Gasteiger charge is 2.26. The van der Waals surface area contributed by atoms with Gasteiger partial charge in [0.1, 0.15) is 6.61 Å². The lowest BCUT2D eigenvalue weighted by molar-refractivity contribution is -0.173. The van der Waals surface area contributed by atoms with Crippen LogP contribution >= 0.6 is 0 Å². The zero-order valence-corrected chi connectivity index (χ0v) is 4.74. The minimum absolute atomic E-state index is 0.0422. The molecule has 0 bridgehead atoms. The fourth-order valence-corrected chi connectivity index (χ4v) is 0.271. The first-order valence-electron chi connectivity index (χ1n) is 2.41. The maximum absolute atomic E-state index is 11.2. The molecule has 0 rings (SSSR count). The van der Waals surface area contributed by atoms with Crippen LogP contribution in [0.1, 0.15) is 0 Å². The second kappa shape index (κ2) is 3.68. The first kappa shape index (κ1) is 8.71. The molecule has 0 aliphatic rings. The molecule has 9 heavy (non-hydrogen) atoms. The first-order valence-corrected chi connectivity index (χ1v) is 2.41. The monoisotopic (exact) mass is 143 g/mol. The SMILES string of the molecule is NCCOCC(F)(F)F. The Bertz CT molecular complexity index is 72.7. The highest BCUT2D eigenvalue weighted by Crippen LogP contribution is 2.13. The summed E-state index contributed by atoms with van der Waals surface area (Å²) in [5.41, 5.74) is 4.87. The van der Waals surface area contributed by atoms with Gasteiger partial charge in [-0.3, -0.25) is 0 Å². The van der Waals surface area contributed by atoms with Gasteiger partial charge in [-0.05, 0) is 0 Å². The van der Waals surface area contributed by atoms with Crippen molar-refractivity contribution in [3.05, 3.63) is 0 Å². The molecule has 0 aliphatic carbocycles. The molecule has 0 unspecified atom stereocenters. The van der Waals surface area contributed by atoms with Crippen LogP contribution in [0.5, 0.6) is 0 Å². The Morgan fingerprint density at radius 2 is 1.89 bits per heavy atom. The molecule has 0 atom stereocenters. The Morgan fingerprint density at radius 1 is 1.33 bits per heavy atom. The summed E-state index contributed by atoms with van der Waals surface area (Å²) in [4.78, 5) is 0.